The molecule has 2 heteroatoms. The smallest absolute Gasteiger partial charge is 0.0100 e. The highest BCUT2D eigenvalue weighted by atomic mass is 32.1. The Morgan fingerprint density at radius 2 is 2.22 bits per heavy atom. The predicted molar refractivity (Wildman–Crippen MR) is 81.2 cm³/mol. The Hall–Kier alpha value is -0.340. The number of rotatable bonds is 5. The number of thiophene rings is 1. The molecule has 1 heterocycles. The molecule has 102 valence electrons. The van der Waals surface area contributed by atoms with Gasteiger partial charge in [0, 0.05) is 17.5 Å². The zero-order valence-electron chi connectivity index (χ0n) is 12.0. The van der Waals surface area contributed by atoms with Gasteiger partial charge in [-0.1, -0.05) is 33.3 Å². The van der Waals surface area contributed by atoms with E-state index in [1.807, 2.05) is 11.3 Å². The van der Waals surface area contributed by atoms with Crippen LogP contribution in [-0.2, 0) is 6.42 Å². The zero-order valence-corrected chi connectivity index (χ0v) is 12.8. The third-order valence-corrected chi connectivity index (χ3v) is 5.32. The van der Waals surface area contributed by atoms with Gasteiger partial charge in [-0.25, -0.2) is 0 Å². The van der Waals surface area contributed by atoms with Crippen LogP contribution in [0.2, 0.25) is 0 Å². The molecule has 0 aliphatic heterocycles. The molecule has 1 N–H and O–H groups in total. The summed E-state index contributed by atoms with van der Waals surface area (Å²) in [6.45, 7) is 8.31. The fourth-order valence-electron chi connectivity index (χ4n) is 3.27. The third kappa shape index (κ3) is 3.83. The number of hydrogen-bond acceptors (Lipinski definition) is 2. The summed E-state index contributed by atoms with van der Waals surface area (Å²) in [4.78, 5) is 1.51. The van der Waals surface area contributed by atoms with Crippen LogP contribution in [0.5, 0.6) is 0 Å². The number of nitrogens with one attached hydrogen (secondary N) is 1. The quantitative estimate of drug-likeness (QED) is 0.835. The molecule has 0 aromatic carbocycles. The van der Waals surface area contributed by atoms with Crippen LogP contribution in [0.15, 0.2) is 17.5 Å². The lowest BCUT2D eigenvalue weighted by atomic mass is 9.74. The molecule has 0 amide bonds. The monoisotopic (exact) mass is 265 g/mol. The average molecular weight is 265 g/mol. The Kier molecular flexibility index (Phi) is 5.25. The minimum atomic E-state index is 0.744. The van der Waals surface area contributed by atoms with E-state index in [0.29, 0.717) is 0 Å². The van der Waals surface area contributed by atoms with Gasteiger partial charge in [-0.05, 0) is 48.5 Å². The maximum atomic E-state index is 3.83. The van der Waals surface area contributed by atoms with E-state index in [0.717, 1.165) is 30.3 Å². The van der Waals surface area contributed by atoms with Crippen LogP contribution in [0.1, 0.15) is 44.9 Å². The molecule has 1 aliphatic carbocycles. The first-order valence-electron chi connectivity index (χ1n) is 7.42. The van der Waals surface area contributed by atoms with E-state index >= 15 is 0 Å². The molecule has 1 nitrogen and oxygen atoms in total. The van der Waals surface area contributed by atoms with Crippen molar-refractivity contribution < 1.29 is 0 Å². The van der Waals surface area contributed by atoms with Gasteiger partial charge in [-0.2, -0.15) is 0 Å². The van der Waals surface area contributed by atoms with Gasteiger partial charge in [0.1, 0.15) is 0 Å². The molecule has 1 saturated carbocycles. The van der Waals surface area contributed by atoms with Gasteiger partial charge < -0.3 is 5.32 Å². The number of hydrogen-bond donors (Lipinski definition) is 1. The first kappa shape index (κ1) is 14.1. The molecule has 0 spiro atoms. The first-order valence-corrected chi connectivity index (χ1v) is 8.30. The van der Waals surface area contributed by atoms with Crippen molar-refractivity contribution in [3.8, 4) is 0 Å². The van der Waals surface area contributed by atoms with Crippen molar-refractivity contribution in [2.75, 3.05) is 6.54 Å². The standard InChI is InChI=1S/C16H27NS/c1-12(2)15-7-6-13(3)11-16(15)17-9-8-14-5-4-10-18-14/h4-5,10,12-13,15-17H,6-9,11H2,1-3H3. The minimum Gasteiger partial charge on any atom is -0.313 e. The van der Waals surface area contributed by atoms with Crippen molar-refractivity contribution in [2.45, 2.75) is 52.5 Å². The van der Waals surface area contributed by atoms with E-state index in [9.17, 15) is 0 Å². The molecular weight excluding hydrogens is 238 g/mol. The summed E-state index contributed by atoms with van der Waals surface area (Å²) in [5.41, 5.74) is 0. The molecule has 1 aromatic rings. The van der Waals surface area contributed by atoms with Crippen LogP contribution >= 0.6 is 11.3 Å². The molecule has 1 fully saturated rings. The largest absolute Gasteiger partial charge is 0.313 e. The van der Waals surface area contributed by atoms with Crippen LogP contribution in [0.3, 0.4) is 0 Å². The molecule has 0 radical (unpaired) electrons. The molecular formula is C16H27NS. The molecule has 0 bridgehead atoms. The van der Waals surface area contributed by atoms with Gasteiger partial charge in [-0.15, -0.1) is 11.3 Å². The lowest BCUT2D eigenvalue weighted by Gasteiger charge is -2.38. The summed E-state index contributed by atoms with van der Waals surface area (Å²) in [6.07, 6.45) is 5.39. The second kappa shape index (κ2) is 6.72. The maximum absolute atomic E-state index is 3.83. The molecule has 18 heavy (non-hydrogen) atoms. The van der Waals surface area contributed by atoms with Gasteiger partial charge in [-0.3, -0.25) is 0 Å². The highest BCUT2D eigenvalue weighted by Crippen LogP contribution is 2.33. The van der Waals surface area contributed by atoms with Gasteiger partial charge >= 0.3 is 0 Å². The van der Waals surface area contributed by atoms with Crippen LogP contribution in [-0.4, -0.2) is 12.6 Å². The van der Waals surface area contributed by atoms with Crippen LogP contribution in [0.25, 0.3) is 0 Å². The summed E-state index contributed by atoms with van der Waals surface area (Å²) in [6, 6.07) is 5.14. The molecule has 1 aromatic heterocycles. The average Bonchev–Trinajstić information content (AvgIpc) is 2.82. The van der Waals surface area contributed by atoms with Gasteiger partial charge in [0.05, 0.1) is 0 Å². The predicted octanol–water partition coefficient (Wildman–Crippen LogP) is 4.34. The SMILES string of the molecule is CC1CCC(C(C)C)C(NCCc2cccs2)C1. The Labute approximate surface area is 116 Å². The highest BCUT2D eigenvalue weighted by Gasteiger charge is 2.29. The Morgan fingerprint density at radius 3 is 2.89 bits per heavy atom. The summed E-state index contributed by atoms with van der Waals surface area (Å²) in [7, 11) is 0. The van der Waals surface area contributed by atoms with Crippen molar-refractivity contribution in [1.29, 1.82) is 0 Å². The second-order valence-electron chi connectivity index (χ2n) is 6.22. The normalized spacial score (nSPS) is 28.8. The highest BCUT2D eigenvalue weighted by molar-refractivity contribution is 7.09. The van der Waals surface area contributed by atoms with E-state index < -0.39 is 0 Å². The summed E-state index contributed by atoms with van der Waals surface area (Å²) >= 11 is 1.88. The van der Waals surface area contributed by atoms with E-state index in [1.54, 1.807) is 0 Å². The van der Waals surface area contributed by atoms with Crippen molar-refractivity contribution in [3.05, 3.63) is 22.4 Å². The van der Waals surface area contributed by atoms with Crippen LogP contribution < -0.4 is 5.32 Å². The molecule has 3 unspecified atom stereocenters. The summed E-state index contributed by atoms with van der Waals surface area (Å²) in [5, 5.41) is 6.00. The van der Waals surface area contributed by atoms with Crippen molar-refractivity contribution in [1.82, 2.24) is 5.32 Å². The minimum absolute atomic E-state index is 0.744. The van der Waals surface area contributed by atoms with Crippen molar-refractivity contribution in [2.24, 2.45) is 17.8 Å². The van der Waals surface area contributed by atoms with Gasteiger partial charge in [0.2, 0.25) is 0 Å². The molecule has 2 rings (SSSR count). The van der Waals surface area contributed by atoms with Crippen LogP contribution in [0, 0.1) is 17.8 Å². The van der Waals surface area contributed by atoms with Crippen LogP contribution in [0.4, 0.5) is 0 Å². The van der Waals surface area contributed by atoms with Crippen molar-refractivity contribution >= 4 is 11.3 Å². The lowest BCUT2D eigenvalue weighted by molar-refractivity contribution is 0.171. The summed E-state index contributed by atoms with van der Waals surface area (Å²) in [5.74, 6) is 2.60. The zero-order chi connectivity index (χ0) is 13.0. The molecule has 1 aliphatic rings. The molecule has 3 atom stereocenters. The fourth-order valence-corrected chi connectivity index (χ4v) is 3.98. The Balaban J connectivity index is 1.81. The van der Waals surface area contributed by atoms with Gasteiger partial charge in [0.25, 0.3) is 0 Å². The topological polar surface area (TPSA) is 12.0 Å². The van der Waals surface area contributed by atoms with E-state index in [1.165, 1.54) is 30.6 Å². The third-order valence-electron chi connectivity index (χ3n) is 4.38. The maximum Gasteiger partial charge on any atom is 0.0100 e. The fraction of sp³-hybridized carbons (Fsp3) is 0.750. The van der Waals surface area contributed by atoms with Gasteiger partial charge in [0.15, 0.2) is 0 Å². The van der Waals surface area contributed by atoms with Crippen molar-refractivity contribution in [3.63, 3.8) is 0 Å². The first-order chi connectivity index (χ1) is 8.66. The Bertz CT molecular complexity index is 331. The summed E-state index contributed by atoms with van der Waals surface area (Å²) < 4.78 is 0. The Morgan fingerprint density at radius 1 is 1.39 bits per heavy atom. The lowest BCUT2D eigenvalue weighted by Crippen LogP contribution is -2.43. The molecule has 0 saturated heterocycles. The second-order valence-corrected chi connectivity index (χ2v) is 7.25. The van der Waals surface area contributed by atoms with E-state index in [2.05, 4.69) is 43.6 Å². The van der Waals surface area contributed by atoms with E-state index in [4.69, 9.17) is 0 Å². The van der Waals surface area contributed by atoms with E-state index in [-0.39, 0.29) is 0 Å².